The third-order valence-corrected chi connectivity index (χ3v) is 6.64. The van der Waals surface area contributed by atoms with Gasteiger partial charge in [-0.1, -0.05) is 41.9 Å². The van der Waals surface area contributed by atoms with E-state index in [0.717, 1.165) is 5.56 Å². The smallest absolute Gasteiger partial charge is 0.422 e. The van der Waals surface area contributed by atoms with Gasteiger partial charge in [-0.2, -0.15) is 0 Å². The first kappa shape index (κ1) is 33.6. The van der Waals surface area contributed by atoms with E-state index in [-0.39, 0.29) is 47.3 Å². The number of rotatable bonds is 8. The van der Waals surface area contributed by atoms with Gasteiger partial charge in [-0.25, -0.2) is 29.1 Å². The average molecular weight is 652 g/mol. The quantitative estimate of drug-likeness (QED) is 0.189. The van der Waals surface area contributed by atoms with Gasteiger partial charge in [0.25, 0.3) is 0 Å². The number of ether oxygens (including phenoxy) is 3. The van der Waals surface area contributed by atoms with Crippen LogP contribution in [0.25, 0.3) is 21.9 Å². The lowest BCUT2D eigenvalue weighted by Gasteiger charge is -2.19. The SMILES string of the molecule is Cc1c(OC(=O)NC(=O)OC(C)(C)C)cncc1-c1cc2cc(NC(=O)CCNC(=O)OCc3ccccc3)ncc2c(Cl)c1F. The molecule has 3 N–H and O–H groups in total. The van der Waals surface area contributed by atoms with E-state index in [1.165, 1.54) is 30.7 Å². The van der Waals surface area contributed by atoms with Crippen molar-refractivity contribution in [3.63, 3.8) is 0 Å². The van der Waals surface area contributed by atoms with Gasteiger partial charge in [0.2, 0.25) is 5.91 Å². The minimum atomic E-state index is -1.11. The van der Waals surface area contributed by atoms with Gasteiger partial charge in [-0.3, -0.25) is 9.78 Å². The Morgan fingerprint density at radius 2 is 1.70 bits per heavy atom. The topological polar surface area (TPSA) is 158 Å². The third kappa shape index (κ3) is 9.11. The molecule has 12 nitrogen and oxygen atoms in total. The Hall–Kier alpha value is -5.30. The van der Waals surface area contributed by atoms with E-state index in [1.54, 1.807) is 27.7 Å². The molecular formula is C32H31ClFN5O7. The van der Waals surface area contributed by atoms with Crippen LogP contribution in [0.1, 0.15) is 38.3 Å². The maximum absolute atomic E-state index is 15.5. The van der Waals surface area contributed by atoms with Crippen molar-refractivity contribution < 1.29 is 37.8 Å². The van der Waals surface area contributed by atoms with Crippen molar-refractivity contribution in [3.8, 4) is 16.9 Å². The predicted molar refractivity (Wildman–Crippen MR) is 168 cm³/mol. The number of aromatic nitrogens is 2. The van der Waals surface area contributed by atoms with Crippen LogP contribution in [0.2, 0.25) is 5.02 Å². The van der Waals surface area contributed by atoms with Crippen LogP contribution in [0.5, 0.6) is 5.75 Å². The summed E-state index contributed by atoms with van der Waals surface area (Å²) < 4.78 is 30.9. The standard InChI is InChI=1S/C32H31ClFN5O7/c1-18-22(14-35-16-24(18)45-30(42)39-31(43)46-32(2,3)4)21-12-20-13-25(37-15-23(20)27(33)28(21)34)38-26(40)10-11-36-29(41)44-17-19-8-6-5-7-9-19/h5-9,12-16H,10-11,17H2,1-4H3,(H,36,41)(H,37,38,40)(H,39,42,43). The minimum Gasteiger partial charge on any atom is -0.445 e. The summed E-state index contributed by atoms with van der Waals surface area (Å²) >= 11 is 6.37. The first-order valence-electron chi connectivity index (χ1n) is 14.0. The molecule has 0 aliphatic rings. The Kier molecular flexibility index (Phi) is 10.7. The number of amides is 4. The summed E-state index contributed by atoms with van der Waals surface area (Å²) in [5.74, 6) is -1.06. The number of nitrogens with one attached hydrogen (secondary N) is 3. The molecule has 2 aromatic heterocycles. The Morgan fingerprint density at radius 3 is 2.41 bits per heavy atom. The summed E-state index contributed by atoms with van der Waals surface area (Å²) in [6, 6.07) is 12.2. The highest BCUT2D eigenvalue weighted by Crippen LogP contribution is 2.38. The fraction of sp³-hybridized carbons (Fsp3) is 0.250. The number of carbonyl (C=O) groups excluding carboxylic acids is 4. The van der Waals surface area contributed by atoms with E-state index < -0.39 is 35.6 Å². The molecule has 0 radical (unpaired) electrons. The molecule has 2 aromatic carbocycles. The molecule has 4 aromatic rings. The second kappa shape index (κ2) is 14.7. The van der Waals surface area contributed by atoms with Crippen LogP contribution in [0.4, 0.5) is 24.6 Å². The number of nitrogens with zero attached hydrogens (tertiary/aromatic N) is 2. The van der Waals surface area contributed by atoms with Crippen LogP contribution in [-0.2, 0) is 20.9 Å². The molecule has 0 aliphatic carbocycles. The van der Waals surface area contributed by atoms with E-state index in [9.17, 15) is 19.2 Å². The van der Waals surface area contributed by atoms with Crippen LogP contribution in [0.15, 0.2) is 61.1 Å². The normalized spacial score (nSPS) is 11.0. The summed E-state index contributed by atoms with van der Waals surface area (Å²) in [6.07, 6.45) is 1.10. The fourth-order valence-corrected chi connectivity index (χ4v) is 4.40. The molecule has 0 aliphatic heterocycles. The van der Waals surface area contributed by atoms with E-state index in [1.807, 2.05) is 35.6 Å². The van der Waals surface area contributed by atoms with E-state index in [4.69, 9.17) is 25.8 Å². The molecule has 4 amide bonds. The first-order valence-corrected chi connectivity index (χ1v) is 14.4. The van der Waals surface area contributed by atoms with Gasteiger partial charge in [0.1, 0.15) is 23.8 Å². The maximum atomic E-state index is 15.5. The van der Waals surface area contributed by atoms with E-state index in [0.29, 0.717) is 16.3 Å². The number of benzene rings is 2. The lowest BCUT2D eigenvalue weighted by molar-refractivity contribution is -0.116. The fourth-order valence-electron chi connectivity index (χ4n) is 4.14. The molecule has 14 heteroatoms. The summed E-state index contributed by atoms with van der Waals surface area (Å²) in [5.41, 5.74) is 0.638. The van der Waals surface area contributed by atoms with Crippen molar-refractivity contribution in [1.29, 1.82) is 0 Å². The number of halogens is 2. The summed E-state index contributed by atoms with van der Waals surface area (Å²) in [6.45, 7) is 6.61. The number of pyridine rings is 2. The lowest BCUT2D eigenvalue weighted by Crippen LogP contribution is -2.37. The summed E-state index contributed by atoms with van der Waals surface area (Å²) in [4.78, 5) is 56.8. The molecule has 0 saturated carbocycles. The molecule has 0 atom stereocenters. The van der Waals surface area contributed by atoms with Gasteiger partial charge in [-0.15, -0.1) is 0 Å². The Bertz CT molecular complexity index is 1780. The van der Waals surface area contributed by atoms with Gasteiger partial charge in [-0.05, 0) is 50.8 Å². The van der Waals surface area contributed by atoms with Crippen molar-refractivity contribution >= 4 is 52.4 Å². The molecule has 0 spiro atoms. The van der Waals surface area contributed by atoms with Gasteiger partial charge in [0.05, 0.1) is 11.2 Å². The van der Waals surface area contributed by atoms with Crippen LogP contribution < -0.4 is 20.7 Å². The largest absolute Gasteiger partial charge is 0.445 e. The number of carbonyl (C=O) groups is 4. The first-order chi connectivity index (χ1) is 21.8. The molecule has 2 heterocycles. The summed E-state index contributed by atoms with van der Waals surface area (Å²) in [7, 11) is 0. The molecule has 46 heavy (non-hydrogen) atoms. The zero-order valence-electron chi connectivity index (χ0n) is 25.4. The van der Waals surface area contributed by atoms with E-state index >= 15 is 4.39 Å². The van der Waals surface area contributed by atoms with Crippen molar-refractivity contribution in [2.75, 3.05) is 11.9 Å². The Morgan fingerprint density at radius 1 is 0.957 bits per heavy atom. The number of hydrogen-bond donors (Lipinski definition) is 3. The molecule has 240 valence electrons. The zero-order valence-corrected chi connectivity index (χ0v) is 26.2. The van der Waals surface area contributed by atoms with Gasteiger partial charge < -0.3 is 24.8 Å². The van der Waals surface area contributed by atoms with E-state index in [2.05, 4.69) is 20.6 Å². The Labute approximate surface area is 268 Å². The van der Waals surface area contributed by atoms with Gasteiger partial charge >= 0.3 is 18.3 Å². The van der Waals surface area contributed by atoms with Crippen LogP contribution in [0.3, 0.4) is 0 Å². The number of anilines is 1. The third-order valence-electron chi connectivity index (χ3n) is 6.27. The lowest BCUT2D eigenvalue weighted by atomic mass is 9.99. The number of imide groups is 1. The minimum absolute atomic E-state index is 0.0225. The Balaban J connectivity index is 1.43. The molecular weight excluding hydrogens is 621 g/mol. The second-order valence-corrected chi connectivity index (χ2v) is 11.3. The van der Waals surface area contributed by atoms with Crippen LogP contribution in [-0.4, -0.2) is 46.3 Å². The predicted octanol–water partition coefficient (Wildman–Crippen LogP) is 6.68. The van der Waals surface area contributed by atoms with Crippen molar-refractivity contribution in [2.24, 2.45) is 0 Å². The summed E-state index contributed by atoms with van der Waals surface area (Å²) in [5, 5.41) is 7.62. The molecule has 0 fully saturated rings. The molecule has 0 bridgehead atoms. The van der Waals surface area contributed by atoms with Gasteiger partial charge in [0, 0.05) is 47.4 Å². The number of hydrogen-bond acceptors (Lipinski definition) is 9. The highest BCUT2D eigenvalue weighted by atomic mass is 35.5. The van der Waals surface area contributed by atoms with Crippen LogP contribution >= 0.6 is 11.6 Å². The van der Waals surface area contributed by atoms with Crippen molar-refractivity contribution in [1.82, 2.24) is 20.6 Å². The maximum Gasteiger partial charge on any atom is 0.422 e. The highest BCUT2D eigenvalue weighted by molar-refractivity contribution is 6.36. The van der Waals surface area contributed by atoms with Crippen LogP contribution in [0, 0.1) is 12.7 Å². The number of fused-ring (bicyclic) bond motifs is 1. The molecule has 4 rings (SSSR count). The highest BCUT2D eigenvalue weighted by Gasteiger charge is 2.22. The van der Waals surface area contributed by atoms with Gasteiger partial charge in [0.15, 0.2) is 5.75 Å². The van der Waals surface area contributed by atoms with Crippen molar-refractivity contribution in [2.45, 2.75) is 46.3 Å². The molecule has 0 unspecified atom stereocenters. The second-order valence-electron chi connectivity index (χ2n) is 11.0. The van der Waals surface area contributed by atoms with Crippen molar-refractivity contribution in [3.05, 3.63) is 83.0 Å². The zero-order chi connectivity index (χ0) is 33.4. The molecule has 0 saturated heterocycles. The average Bonchev–Trinajstić information content (AvgIpc) is 2.98. The monoisotopic (exact) mass is 651 g/mol. The number of alkyl carbamates (subject to hydrolysis) is 2.